The van der Waals surface area contributed by atoms with Crippen LogP contribution in [0.2, 0.25) is 5.02 Å². The zero-order valence-corrected chi connectivity index (χ0v) is 9.10. The molecule has 0 radical (unpaired) electrons. The van der Waals surface area contributed by atoms with E-state index in [1.165, 1.54) is 6.07 Å². The monoisotopic (exact) mass is 225 g/mol. The lowest BCUT2D eigenvalue weighted by molar-refractivity contribution is 0.398. The Morgan fingerprint density at radius 2 is 2.07 bits per heavy atom. The van der Waals surface area contributed by atoms with E-state index in [1.54, 1.807) is 19.1 Å². The lowest BCUT2D eigenvalue weighted by Gasteiger charge is -2.02. The number of aryl methyl sites for hydroxylation is 1. The quantitative estimate of drug-likeness (QED) is 0.739. The van der Waals surface area contributed by atoms with Gasteiger partial charge < -0.3 is 4.52 Å². The maximum absolute atomic E-state index is 13.6. The number of halogens is 2. The molecule has 1 heterocycles. The van der Waals surface area contributed by atoms with Crippen LogP contribution >= 0.6 is 11.6 Å². The molecule has 0 amide bonds. The van der Waals surface area contributed by atoms with Crippen LogP contribution in [-0.2, 0) is 0 Å². The van der Waals surface area contributed by atoms with Crippen molar-refractivity contribution < 1.29 is 8.91 Å². The lowest BCUT2D eigenvalue weighted by atomic mass is 10.1. The summed E-state index contributed by atoms with van der Waals surface area (Å²) < 4.78 is 18.5. The largest absolute Gasteiger partial charge is 0.361 e. The highest BCUT2D eigenvalue weighted by Crippen LogP contribution is 2.32. The number of hydrogen-bond donors (Lipinski definition) is 0. The zero-order chi connectivity index (χ0) is 11.0. The van der Waals surface area contributed by atoms with Gasteiger partial charge in [-0.2, -0.15) is 0 Å². The average molecular weight is 226 g/mol. The summed E-state index contributed by atoms with van der Waals surface area (Å²) in [5.74, 6) is 0.281. The van der Waals surface area contributed by atoms with Gasteiger partial charge in [0.05, 0.1) is 10.6 Å². The molecule has 1 aromatic carbocycles. The van der Waals surface area contributed by atoms with Gasteiger partial charge in [0.25, 0.3) is 0 Å². The molecule has 0 aliphatic heterocycles. The van der Waals surface area contributed by atoms with E-state index in [2.05, 4.69) is 5.16 Å². The molecule has 0 aliphatic carbocycles. The molecule has 2 rings (SSSR count). The summed E-state index contributed by atoms with van der Waals surface area (Å²) in [5.41, 5.74) is 1.58. The van der Waals surface area contributed by atoms with Gasteiger partial charge in [-0.15, -0.1) is 0 Å². The first-order chi connectivity index (χ1) is 7.11. The van der Waals surface area contributed by atoms with Gasteiger partial charge in [-0.25, -0.2) is 4.39 Å². The van der Waals surface area contributed by atoms with Crippen molar-refractivity contribution in [3.8, 4) is 11.3 Å². The van der Waals surface area contributed by atoms with Crippen molar-refractivity contribution in [3.63, 3.8) is 0 Å². The van der Waals surface area contributed by atoms with Crippen molar-refractivity contribution in [3.05, 3.63) is 40.4 Å². The topological polar surface area (TPSA) is 26.0 Å². The zero-order valence-electron chi connectivity index (χ0n) is 8.34. The van der Waals surface area contributed by atoms with Gasteiger partial charge >= 0.3 is 0 Å². The maximum Gasteiger partial charge on any atom is 0.137 e. The minimum atomic E-state index is -0.390. The van der Waals surface area contributed by atoms with Crippen LogP contribution in [0.1, 0.15) is 11.3 Å². The molecular weight excluding hydrogens is 217 g/mol. The van der Waals surface area contributed by atoms with E-state index in [4.69, 9.17) is 16.1 Å². The Labute approximate surface area is 91.7 Å². The summed E-state index contributed by atoms with van der Waals surface area (Å²) in [6, 6.07) is 4.54. The van der Waals surface area contributed by atoms with Crippen molar-refractivity contribution in [2.45, 2.75) is 13.8 Å². The highest BCUT2D eigenvalue weighted by Gasteiger charge is 2.17. The minimum absolute atomic E-state index is 0.300. The smallest absolute Gasteiger partial charge is 0.137 e. The summed E-state index contributed by atoms with van der Waals surface area (Å²) in [4.78, 5) is 0. The highest BCUT2D eigenvalue weighted by molar-refractivity contribution is 6.33. The van der Waals surface area contributed by atoms with Crippen LogP contribution in [0.25, 0.3) is 11.3 Å². The SMILES string of the molecule is Cc1onc(-c2c(F)cccc2Cl)c1C. The summed E-state index contributed by atoms with van der Waals surface area (Å²) in [6.07, 6.45) is 0. The van der Waals surface area contributed by atoms with Gasteiger partial charge in [-0.3, -0.25) is 0 Å². The van der Waals surface area contributed by atoms with E-state index in [-0.39, 0.29) is 5.82 Å². The van der Waals surface area contributed by atoms with Gasteiger partial charge in [-0.1, -0.05) is 22.8 Å². The molecule has 1 aromatic heterocycles. The summed E-state index contributed by atoms with van der Waals surface area (Å²) in [6.45, 7) is 3.60. The third-order valence-corrected chi connectivity index (χ3v) is 2.67. The third kappa shape index (κ3) is 1.63. The van der Waals surface area contributed by atoms with Crippen molar-refractivity contribution in [2.24, 2.45) is 0 Å². The van der Waals surface area contributed by atoms with E-state index in [9.17, 15) is 4.39 Å². The van der Waals surface area contributed by atoms with Crippen LogP contribution < -0.4 is 0 Å². The first kappa shape index (κ1) is 10.2. The Kier molecular flexibility index (Phi) is 2.49. The third-order valence-electron chi connectivity index (χ3n) is 2.36. The molecule has 2 nitrogen and oxygen atoms in total. The summed E-state index contributed by atoms with van der Waals surface area (Å²) >= 11 is 5.92. The molecular formula is C11H9ClFNO. The second kappa shape index (κ2) is 3.66. The van der Waals surface area contributed by atoms with Gasteiger partial charge in [0.2, 0.25) is 0 Å². The predicted molar refractivity (Wildman–Crippen MR) is 56.4 cm³/mol. The molecule has 0 spiro atoms. The molecule has 0 aliphatic rings. The van der Waals surface area contributed by atoms with Crippen molar-refractivity contribution in [1.29, 1.82) is 0 Å². The van der Waals surface area contributed by atoms with Gasteiger partial charge in [0.15, 0.2) is 0 Å². The minimum Gasteiger partial charge on any atom is -0.361 e. The highest BCUT2D eigenvalue weighted by atomic mass is 35.5. The van der Waals surface area contributed by atoms with E-state index < -0.39 is 0 Å². The summed E-state index contributed by atoms with van der Waals surface area (Å²) in [5, 5.41) is 4.15. The Hall–Kier alpha value is -1.35. The molecule has 0 fully saturated rings. The fraction of sp³-hybridized carbons (Fsp3) is 0.182. The molecule has 4 heteroatoms. The fourth-order valence-corrected chi connectivity index (χ4v) is 1.63. The Bertz CT molecular complexity index is 487. The molecule has 0 atom stereocenters. The van der Waals surface area contributed by atoms with Crippen molar-refractivity contribution in [2.75, 3.05) is 0 Å². The van der Waals surface area contributed by atoms with Crippen LogP contribution in [-0.4, -0.2) is 5.16 Å². The molecule has 0 saturated heterocycles. The Balaban J connectivity index is 2.69. The second-order valence-electron chi connectivity index (χ2n) is 3.31. The summed E-state index contributed by atoms with van der Waals surface area (Å²) in [7, 11) is 0. The standard InChI is InChI=1S/C11H9ClFNO/c1-6-7(2)15-14-11(6)10-8(12)4-3-5-9(10)13/h3-5H,1-2H3. The van der Waals surface area contributed by atoms with Crippen LogP contribution in [0.4, 0.5) is 4.39 Å². The normalized spacial score (nSPS) is 10.7. The Morgan fingerprint density at radius 1 is 1.33 bits per heavy atom. The molecule has 0 N–H and O–H groups in total. The number of aromatic nitrogens is 1. The predicted octanol–water partition coefficient (Wildman–Crippen LogP) is 3.75. The van der Waals surface area contributed by atoms with Crippen molar-refractivity contribution >= 4 is 11.6 Å². The van der Waals surface area contributed by atoms with E-state index in [0.717, 1.165) is 5.56 Å². The number of rotatable bonds is 1. The van der Waals surface area contributed by atoms with E-state index in [1.807, 2.05) is 6.92 Å². The van der Waals surface area contributed by atoms with E-state index >= 15 is 0 Å². The fourth-order valence-electron chi connectivity index (χ4n) is 1.37. The first-order valence-corrected chi connectivity index (χ1v) is 4.86. The van der Waals surface area contributed by atoms with Crippen LogP contribution in [0.3, 0.4) is 0 Å². The maximum atomic E-state index is 13.6. The van der Waals surface area contributed by atoms with Crippen LogP contribution in [0.5, 0.6) is 0 Å². The second-order valence-corrected chi connectivity index (χ2v) is 3.72. The van der Waals surface area contributed by atoms with Crippen molar-refractivity contribution in [1.82, 2.24) is 5.16 Å². The molecule has 78 valence electrons. The van der Waals surface area contributed by atoms with Gasteiger partial charge in [0.1, 0.15) is 17.3 Å². The average Bonchev–Trinajstić information content (AvgIpc) is 2.49. The van der Waals surface area contributed by atoms with Gasteiger partial charge in [-0.05, 0) is 26.0 Å². The van der Waals surface area contributed by atoms with E-state index in [0.29, 0.717) is 22.0 Å². The lowest BCUT2D eigenvalue weighted by Crippen LogP contribution is -1.88. The van der Waals surface area contributed by atoms with Crippen LogP contribution in [0, 0.1) is 19.7 Å². The van der Waals surface area contributed by atoms with Crippen LogP contribution in [0.15, 0.2) is 22.7 Å². The molecule has 0 unspecified atom stereocenters. The molecule has 0 saturated carbocycles. The molecule has 0 bridgehead atoms. The molecule has 15 heavy (non-hydrogen) atoms. The first-order valence-electron chi connectivity index (χ1n) is 4.48. The number of hydrogen-bond acceptors (Lipinski definition) is 2. The number of benzene rings is 1. The molecule has 2 aromatic rings. The number of nitrogens with zero attached hydrogens (tertiary/aromatic N) is 1. The Morgan fingerprint density at radius 3 is 2.60 bits per heavy atom. The van der Waals surface area contributed by atoms with Gasteiger partial charge in [0, 0.05) is 5.56 Å².